The minimum atomic E-state index is 0.295. The van der Waals surface area contributed by atoms with E-state index in [1.54, 1.807) is 0 Å². The van der Waals surface area contributed by atoms with E-state index in [9.17, 15) is 0 Å². The molecule has 1 aliphatic rings. The predicted molar refractivity (Wildman–Crippen MR) is 149 cm³/mol. The molecule has 0 unspecified atom stereocenters. The Morgan fingerprint density at radius 1 is 0.972 bits per heavy atom. The van der Waals surface area contributed by atoms with Crippen molar-refractivity contribution in [2.75, 3.05) is 43.4 Å². The second-order valence-electron chi connectivity index (χ2n) is 9.21. The number of nitrogens with zero attached hydrogens (tertiary/aromatic N) is 4. The van der Waals surface area contributed by atoms with E-state index in [4.69, 9.17) is 11.1 Å². The number of benzene rings is 2. The molecule has 4 N–H and O–H groups in total. The summed E-state index contributed by atoms with van der Waals surface area (Å²) in [6.45, 7) is 6.20. The van der Waals surface area contributed by atoms with Crippen molar-refractivity contribution in [3.8, 4) is 0 Å². The van der Waals surface area contributed by atoms with E-state index in [1.807, 2.05) is 49.5 Å². The maximum atomic E-state index is 8.68. The number of piperazine rings is 1. The fourth-order valence-electron chi connectivity index (χ4n) is 4.50. The van der Waals surface area contributed by atoms with Gasteiger partial charge >= 0.3 is 0 Å². The van der Waals surface area contributed by atoms with E-state index in [0.717, 1.165) is 59.7 Å². The molecule has 0 amide bonds. The number of allylic oxidation sites excluding steroid dienone is 1. The molecule has 182 valence electrons. The number of hydrogen-bond acceptors (Lipinski definition) is 7. The molecule has 7 heteroatoms. The molecule has 5 rings (SSSR count). The number of hydrogen-bond donors (Lipinski definition) is 3. The lowest BCUT2D eigenvalue weighted by atomic mass is 9.98. The standard InChI is InChI=1S/C29H31N7/c1-20-4-3-5-28(33-20)29(31)26(18-30)21-6-11-27-22(16-21)17-24(19-32-27)34-23-7-9-25(10-8-23)36-14-12-35(2)13-15-36/h3-11,16-19,31,34H,12-15,30H2,1-2H3/b26-18-,31-29?. The van der Waals surface area contributed by atoms with Crippen molar-refractivity contribution < 1.29 is 0 Å². The van der Waals surface area contributed by atoms with E-state index in [0.29, 0.717) is 17.0 Å². The van der Waals surface area contributed by atoms with Crippen molar-refractivity contribution in [1.82, 2.24) is 14.9 Å². The average molecular weight is 478 g/mol. The number of anilines is 3. The second-order valence-corrected chi connectivity index (χ2v) is 9.21. The van der Waals surface area contributed by atoms with E-state index in [-0.39, 0.29) is 0 Å². The minimum absolute atomic E-state index is 0.295. The zero-order chi connectivity index (χ0) is 25.1. The fraction of sp³-hybridized carbons (Fsp3) is 0.207. The molecule has 2 aromatic heterocycles. The van der Waals surface area contributed by atoms with Crippen LogP contribution in [-0.2, 0) is 0 Å². The van der Waals surface area contributed by atoms with Gasteiger partial charge in [0, 0.05) is 60.4 Å². The molecule has 7 nitrogen and oxygen atoms in total. The summed E-state index contributed by atoms with van der Waals surface area (Å²) >= 11 is 0. The Morgan fingerprint density at radius 3 is 2.47 bits per heavy atom. The number of pyridine rings is 2. The van der Waals surface area contributed by atoms with Crippen molar-refractivity contribution in [2.45, 2.75) is 6.92 Å². The summed E-state index contributed by atoms with van der Waals surface area (Å²) in [6.07, 6.45) is 3.32. The summed E-state index contributed by atoms with van der Waals surface area (Å²) in [7, 11) is 2.17. The Morgan fingerprint density at radius 2 is 1.75 bits per heavy atom. The van der Waals surface area contributed by atoms with Crippen LogP contribution in [0.25, 0.3) is 16.5 Å². The van der Waals surface area contributed by atoms with Crippen LogP contribution in [0.4, 0.5) is 17.1 Å². The lowest BCUT2D eigenvalue weighted by Gasteiger charge is -2.34. The van der Waals surface area contributed by atoms with Crippen LogP contribution in [0.15, 0.2) is 79.1 Å². The van der Waals surface area contributed by atoms with Gasteiger partial charge in [0.15, 0.2) is 0 Å². The Bertz CT molecular complexity index is 1420. The molecule has 4 aromatic rings. The molecule has 0 aliphatic carbocycles. The lowest BCUT2D eigenvalue weighted by molar-refractivity contribution is 0.313. The summed E-state index contributed by atoms with van der Waals surface area (Å²) < 4.78 is 0. The summed E-state index contributed by atoms with van der Waals surface area (Å²) in [6, 6.07) is 22.2. The average Bonchev–Trinajstić information content (AvgIpc) is 2.90. The first-order chi connectivity index (χ1) is 17.5. The normalized spacial score (nSPS) is 14.7. The molecule has 1 saturated heterocycles. The van der Waals surface area contributed by atoms with Crippen molar-refractivity contribution in [2.24, 2.45) is 5.73 Å². The highest BCUT2D eigenvalue weighted by Gasteiger charge is 2.15. The fourth-order valence-corrected chi connectivity index (χ4v) is 4.50. The van der Waals surface area contributed by atoms with Gasteiger partial charge in [-0.25, -0.2) is 0 Å². The Labute approximate surface area is 211 Å². The first-order valence-electron chi connectivity index (χ1n) is 12.2. The molecular formula is C29H31N7. The molecule has 3 heterocycles. The van der Waals surface area contributed by atoms with E-state index in [1.165, 1.54) is 11.9 Å². The third-order valence-electron chi connectivity index (χ3n) is 6.60. The molecule has 1 aliphatic heterocycles. The number of nitrogens with one attached hydrogen (secondary N) is 2. The van der Waals surface area contributed by atoms with E-state index in [2.05, 4.69) is 62.5 Å². The molecular weight excluding hydrogens is 446 g/mol. The minimum Gasteiger partial charge on any atom is -0.404 e. The molecule has 0 atom stereocenters. The summed E-state index contributed by atoms with van der Waals surface area (Å²) in [5.41, 5.74) is 13.3. The van der Waals surface area contributed by atoms with Crippen molar-refractivity contribution in [3.63, 3.8) is 0 Å². The zero-order valence-corrected chi connectivity index (χ0v) is 20.7. The maximum Gasteiger partial charge on any atom is 0.0889 e. The van der Waals surface area contributed by atoms with Crippen molar-refractivity contribution in [1.29, 1.82) is 5.41 Å². The van der Waals surface area contributed by atoms with Crippen LogP contribution in [0, 0.1) is 12.3 Å². The molecule has 1 fully saturated rings. The van der Waals surface area contributed by atoms with Gasteiger partial charge in [-0.1, -0.05) is 12.1 Å². The van der Waals surface area contributed by atoms with Crippen LogP contribution in [0.2, 0.25) is 0 Å². The van der Waals surface area contributed by atoms with E-state index >= 15 is 0 Å². The van der Waals surface area contributed by atoms with Crippen molar-refractivity contribution in [3.05, 3.63) is 96.1 Å². The highest BCUT2D eigenvalue weighted by molar-refractivity contribution is 6.29. The van der Waals surface area contributed by atoms with Crippen LogP contribution in [0.3, 0.4) is 0 Å². The first-order valence-corrected chi connectivity index (χ1v) is 12.2. The van der Waals surface area contributed by atoms with Gasteiger partial charge in [0.25, 0.3) is 0 Å². The maximum absolute atomic E-state index is 8.68. The summed E-state index contributed by atoms with van der Waals surface area (Å²) in [5, 5.41) is 13.1. The van der Waals surface area contributed by atoms with Crippen LogP contribution < -0.4 is 16.0 Å². The monoisotopic (exact) mass is 477 g/mol. The largest absolute Gasteiger partial charge is 0.404 e. The quantitative estimate of drug-likeness (QED) is 0.345. The third kappa shape index (κ3) is 5.06. The second kappa shape index (κ2) is 10.2. The third-order valence-corrected chi connectivity index (χ3v) is 6.60. The highest BCUT2D eigenvalue weighted by atomic mass is 15.2. The molecule has 0 radical (unpaired) electrons. The number of fused-ring (bicyclic) bond motifs is 1. The number of rotatable bonds is 6. The number of likely N-dealkylation sites (N-methyl/N-ethyl adjacent to an activating group) is 1. The van der Waals surface area contributed by atoms with Gasteiger partial charge in [0.1, 0.15) is 0 Å². The zero-order valence-electron chi connectivity index (χ0n) is 20.7. The number of aryl methyl sites for hydroxylation is 1. The Balaban J connectivity index is 1.35. The van der Waals surface area contributed by atoms with Gasteiger partial charge in [-0.15, -0.1) is 0 Å². The van der Waals surface area contributed by atoms with Crippen LogP contribution >= 0.6 is 0 Å². The van der Waals surface area contributed by atoms with Gasteiger partial charge in [0.2, 0.25) is 0 Å². The topological polar surface area (TPSA) is 94.2 Å². The van der Waals surface area contributed by atoms with Gasteiger partial charge in [-0.3, -0.25) is 15.4 Å². The summed E-state index contributed by atoms with van der Waals surface area (Å²) in [4.78, 5) is 13.9. The van der Waals surface area contributed by atoms with Gasteiger partial charge < -0.3 is 20.9 Å². The summed E-state index contributed by atoms with van der Waals surface area (Å²) in [5.74, 6) is 0. The SMILES string of the molecule is Cc1cccc(C(=N)/C(=C\N)c2ccc3ncc(Nc4ccc(N5CCN(C)CC5)cc4)cc3c2)n1. The van der Waals surface area contributed by atoms with Gasteiger partial charge in [-0.2, -0.15) is 0 Å². The first kappa shape index (κ1) is 23.5. The number of aromatic nitrogens is 2. The van der Waals surface area contributed by atoms with Crippen LogP contribution in [-0.4, -0.2) is 53.8 Å². The number of nitrogens with two attached hydrogens (primary N) is 1. The Kier molecular flexibility index (Phi) is 6.64. The lowest BCUT2D eigenvalue weighted by Crippen LogP contribution is -2.44. The van der Waals surface area contributed by atoms with Crippen LogP contribution in [0.5, 0.6) is 0 Å². The molecule has 0 bridgehead atoms. The van der Waals surface area contributed by atoms with E-state index < -0.39 is 0 Å². The Hall–Kier alpha value is -4.23. The molecule has 0 saturated carbocycles. The molecule has 36 heavy (non-hydrogen) atoms. The highest BCUT2D eigenvalue weighted by Crippen LogP contribution is 2.27. The predicted octanol–water partition coefficient (Wildman–Crippen LogP) is 4.80. The molecule has 2 aromatic carbocycles. The van der Waals surface area contributed by atoms with Crippen LogP contribution in [0.1, 0.15) is 17.0 Å². The van der Waals surface area contributed by atoms with Gasteiger partial charge in [0.05, 0.1) is 28.8 Å². The molecule has 0 spiro atoms. The van der Waals surface area contributed by atoms with Gasteiger partial charge in [-0.05, 0) is 74.1 Å². The van der Waals surface area contributed by atoms with Crippen molar-refractivity contribution >= 4 is 39.2 Å². The smallest absolute Gasteiger partial charge is 0.0889 e.